The van der Waals surface area contributed by atoms with Crippen molar-refractivity contribution >= 4 is 17.4 Å². The Morgan fingerprint density at radius 2 is 2.00 bits per heavy atom. The number of benzene rings is 1. The second-order valence-electron chi connectivity index (χ2n) is 4.32. The van der Waals surface area contributed by atoms with E-state index < -0.39 is 0 Å². The molecule has 0 saturated heterocycles. The molecule has 18 heavy (non-hydrogen) atoms. The lowest BCUT2D eigenvalue weighted by Crippen LogP contribution is -2.13. The Labute approximate surface area is 111 Å². The summed E-state index contributed by atoms with van der Waals surface area (Å²) in [5, 5.41) is 4.73. The largest absolute Gasteiger partial charge is 0.294 e. The quantitative estimate of drug-likeness (QED) is 0.797. The van der Waals surface area contributed by atoms with Crippen LogP contribution in [-0.4, -0.2) is 20.5 Å². The highest BCUT2D eigenvalue weighted by atomic mass is 35.5. The summed E-state index contributed by atoms with van der Waals surface area (Å²) in [5.41, 5.74) is 0.637. The van der Waals surface area contributed by atoms with Gasteiger partial charge in [-0.05, 0) is 38.1 Å². The van der Waals surface area contributed by atoms with Gasteiger partial charge in [0.1, 0.15) is 12.2 Å². The summed E-state index contributed by atoms with van der Waals surface area (Å²) in [5.74, 6) is 0.700. The molecule has 0 aliphatic heterocycles. The van der Waals surface area contributed by atoms with Gasteiger partial charge in [-0.15, -0.1) is 0 Å². The number of hydrogen-bond acceptors (Lipinski definition) is 3. The molecule has 4 nitrogen and oxygen atoms in total. The van der Waals surface area contributed by atoms with Crippen molar-refractivity contribution < 1.29 is 4.79 Å². The number of hydrogen-bond donors (Lipinski definition) is 0. The highest BCUT2D eigenvalue weighted by Gasteiger charge is 2.13. The summed E-state index contributed by atoms with van der Waals surface area (Å²) in [6, 6.07) is 7.06. The highest BCUT2D eigenvalue weighted by molar-refractivity contribution is 6.30. The van der Waals surface area contributed by atoms with E-state index in [0.29, 0.717) is 16.4 Å². The number of ketones is 1. The Hall–Kier alpha value is -1.68. The van der Waals surface area contributed by atoms with Gasteiger partial charge in [-0.3, -0.25) is 4.79 Å². The standard InChI is InChI=1S/C13H14ClN3O/c1-9(2)17-13(15-8-16-17)7-12(18)10-3-5-11(14)6-4-10/h3-6,8-9H,7H2,1-2H3. The van der Waals surface area contributed by atoms with Gasteiger partial charge >= 0.3 is 0 Å². The molecule has 0 aliphatic carbocycles. The number of rotatable bonds is 4. The average Bonchev–Trinajstić information content (AvgIpc) is 2.78. The lowest BCUT2D eigenvalue weighted by atomic mass is 10.1. The first-order valence-electron chi connectivity index (χ1n) is 5.75. The summed E-state index contributed by atoms with van der Waals surface area (Å²) < 4.78 is 1.76. The number of halogens is 1. The second kappa shape index (κ2) is 5.31. The van der Waals surface area contributed by atoms with Gasteiger partial charge in [-0.25, -0.2) is 9.67 Å². The van der Waals surface area contributed by atoms with E-state index in [1.165, 1.54) is 6.33 Å². The summed E-state index contributed by atoms with van der Waals surface area (Å²) in [4.78, 5) is 16.2. The van der Waals surface area contributed by atoms with E-state index in [0.717, 1.165) is 0 Å². The van der Waals surface area contributed by atoms with E-state index >= 15 is 0 Å². The van der Waals surface area contributed by atoms with Crippen LogP contribution in [0.2, 0.25) is 5.02 Å². The molecule has 0 radical (unpaired) electrons. The normalized spacial score (nSPS) is 10.9. The fourth-order valence-corrected chi connectivity index (χ4v) is 1.84. The molecule has 2 rings (SSSR count). The van der Waals surface area contributed by atoms with Crippen LogP contribution in [0.25, 0.3) is 0 Å². The van der Waals surface area contributed by atoms with Crippen molar-refractivity contribution in [2.75, 3.05) is 0 Å². The summed E-state index contributed by atoms with van der Waals surface area (Å²) in [6.45, 7) is 4.01. The third-order valence-electron chi connectivity index (χ3n) is 2.62. The minimum atomic E-state index is 0.0153. The van der Waals surface area contributed by atoms with E-state index in [2.05, 4.69) is 10.1 Å². The van der Waals surface area contributed by atoms with Crippen LogP contribution in [0.15, 0.2) is 30.6 Å². The molecule has 1 aromatic heterocycles. The monoisotopic (exact) mass is 263 g/mol. The average molecular weight is 264 g/mol. The van der Waals surface area contributed by atoms with Crippen molar-refractivity contribution in [3.63, 3.8) is 0 Å². The predicted molar refractivity (Wildman–Crippen MR) is 69.9 cm³/mol. The Bertz CT molecular complexity index is 546. The molecule has 94 valence electrons. The number of carbonyl (C=O) groups excluding carboxylic acids is 1. The van der Waals surface area contributed by atoms with Gasteiger partial charge in [0.2, 0.25) is 0 Å². The van der Waals surface area contributed by atoms with Crippen LogP contribution < -0.4 is 0 Å². The molecular weight excluding hydrogens is 250 g/mol. The molecule has 0 amide bonds. The molecule has 0 aliphatic rings. The topological polar surface area (TPSA) is 47.8 Å². The molecule has 5 heteroatoms. The number of nitrogens with zero attached hydrogens (tertiary/aromatic N) is 3. The van der Waals surface area contributed by atoms with Gasteiger partial charge < -0.3 is 0 Å². The fourth-order valence-electron chi connectivity index (χ4n) is 1.71. The van der Waals surface area contributed by atoms with Gasteiger partial charge in [-0.2, -0.15) is 5.10 Å². The van der Waals surface area contributed by atoms with Gasteiger partial charge in [-0.1, -0.05) is 11.6 Å². The van der Waals surface area contributed by atoms with E-state index in [-0.39, 0.29) is 18.2 Å². The number of aromatic nitrogens is 3. The second-order valence-corrected chi connectivity index (χ2v) is 4.76. The molecule has 0 spiro atoms. The maximum atomic E-state index is 12.1. The fraction of sp³-hybridized carbons (Fsp3) is 0.308. The molecule has 0 atom stereocenters. The number of carbonyl (C=O) groups is 1. The number of Topliss-reactive ketones (excluding diaryl/α,β-unsaturated/α-hetero) is 1. The van der Waals surface area contributed by atoms with Crippen LogP contribution in [0.1, 0.15) is 36.1 Å². The van der Waals surface area contributed by atoms with Crippen molar-refractivity contribution in [3.8, 4) is 0 Å². The van der Waals surface area contributed by atoms with E-state index in [9.17, 15) is 4.79 Å². The lowest BCUT2D eigenvalue weighted by molar-refractivity contribution is 0.0989. The van der Waals surface area contributed by atoms with Crippen LogP contribution in [0.3, 0.4) is 0 Å². The molecule has 0 N–H and O–H groups in total. The van der Waals surface area contributed by atoms with Crippen molar-refractivity contribution in [3.05, 3.63) is 47.0 Å². The lowest BCUT2D eigenvalue weighted by Gasteiger charge is -2.08. The SMILES string of the molecule is CC(C)n1ncnc1CC(=O)c1ccc(Cl)cc1. The Balaban J connectivity index is 2.16. The van der Waals surface area contributed by atoms with Gasteiger partial charge in [0.05, 0.1) is 6.42 Å². The first-order chi connectivity index (χ1) is 8.58. The van der Waals surface area contributed by atoms with E-state index in [1.807, 2.05) is 13.8 Å². The van der Waals surface area contributed by atoms with Crippen LogP contribution in [0, 0.1) is 0 Å². The molecule has 0 saturated carbocycles. The van der Waals surface area contributed by atoms with Gasteiger partial charge in [0, 0.05) is 16.6 Å². The van der Waals surface area contributed by atoms with Crippen molar-refractivity contribution in [2.45, 2.75) is 26.3 Å². The molecule has 0 unspecified atom stereocenters. The van der Waals surface area contributed by atoms with Crippen LogP contribution in [0.4, 0.5) is 0 Å². The zero-order chi connectivity index (χ0) is 13.1. The Kier molecular flexibility index (Phi) is 3.77. The van der Waals surface area contributed by atoms with Crippen LogP contribution in [0.5, 0.6) is 0 Å². The van der Waals surface area contributed by atoms with Crippen molar-refractivity contribution in [1.29, 1.82) is 0 Å². The Morgan fingerprint density at radius 1 is 1.33 bits per heavy atom. The summed E-state index contributed by atoms with van der Waals surface area (Å²) >= 11 is 5.79. The predicted octanol–water partition coefficient (Wildman–Crippen LogP) is 2.94. The zero-order valence-corrected chi connectivity index (χ0v) is 11.1. The summed E-state index contributed by atoms with van der Waals surface area (Å²) in [6.07, 6.45) is 1.73. The molecule has 2 aromatic rings. The minimum absolute atomic E-state index is 0.0153. The first kappa shape index (κ1) is 12.8. The molecule has 0 fully saturated rings. The molecule has 0 bridgehead atoms. The highest BCUT2D eigenvalue weighted by Crippen LogP contribution is 2.13. The van der Waals surface area contributed by atoms with Crippen molar-refractivity contribution in [2.24, 2.45) is 0 Å². The molecular formula is C13H14ClN3O. The first-order valence-corrected chi connectivity index (χ1v) is 6.13. The third kappa shape index (κ3) is 2.76. The van der Waals surface area contributed by atoms with Gasteiger partial charge in [0.25, 0.3) is 0 Å². The zero-order valence-electron chi connectivity index (χ0n) is 10.3. The van der Waals surface area contributed by atoms with E-state index in [1.54, 1.807) is 28.9 Å². The summed E-state index contributed by atoms with van der Waals surface area (Å²) in [7, 11) is 0. The smallest absolute Gasteiger partial charge is 0.170 e. The molecule has 1 aromatic carbocycles. The van der Waals surface area contributed by atoms with E-state index in [4.69, 9.17) is 11.6 Å². The van der Waals surface area contributed by atoms with Gasteiger partial charge in [0.15, 0.2) is 5.78 Å². The maximum absolute atomic E-state index is 12.1. The van der Waals surface area contributed by atoms with Crippen molar-refractivity contribution in [1.82, 2.24) is 14.8 Å². The van der Waals surface area contributed by atoms with Crippen LogP contribution >= 0.6 is 11.6 Å². The maximum Gasteiger partial charge on any atom is 0.170 e. The minimum Gasteiger partial charge on any atom is -0.294 e. The van der Waals surface area contributed by atoms with Crippen LogP contribution in [-0.2, 0) is 6.42 Å². The Morgan fingerprint density at radius 3 is 2.61 bits per heavy atom. The third-order valence-corrected chi connectivity index (χ3v) is 2.87. The molecule has 1 heterocycles.